The summed E-state index contributed by atoms with van der Waals surface area (Å²) in [6, 6.07) is 14.8. The molecule has 2 aromatic rings. The number of para-hydroxylation sites is 1. The Morgan fingerprint density at radius 2 is 1.69 bits per heavy atom. The zero-order valence-corrected chi connectivity index (χ0v) is 22.2. The number of Topliss-reactive ketones (excluding diaryl/α,β-unsaturated/α-hetero) is 1. The topological polar surface area (TPSA) is 105 Å². The number of ketones is 1. The molecule has 1 saturated carbocycles. The second-order valence-electron chi connectivity index (χ2n) is 11.3. The number of nitrogens with zero attached hydrogens (tertiary/aromatic N) is 1. The van der Waals surface area contributed by atoms with Crippen LogP contribution in [0.15, 0.2) is 66.7 Å². The summed E-state index contributed by atoms with van der Waals surface area (Å²) in [7, 11) is 0. The molecule has 8 nitrogen and oxygen atoms in total. The van der Waals surface area contributed by atoms with Gasteiger partial charge < -0.3 is 15.4 Å². The predicted octanol–water partition coefficient (Wildman–Crippen LogP) is 4.02. The molecule has 5 atom stereocenters. The summed E-state index contributed by atoms with van der Waals surface area (Å²) in [6.07, 6.45) is 8.64. The van der Waals surface area contributed by atoms with Crippen molar-refractivity contribution >= 4 is 34.9 Å². The Balaban J connectivity index is 1.41. The van der Waals surface area contributed by atoms with Crippen LogP contribution < -0.4 is 15.5 Å². The molecule has 3 aliphatic heterocycles. The van der Waals surface area contributed by atoms with Gasteiger partial charge in [-0.2, -0.15) is 0 Å². The highest BCUT2D eigenvalue weighted by molar-refractivity contribution is 6.12. The Hall–Kier alpha value is -3.78. The maximum atomic E-state index is 14.3. The zero-order valence-electron chi connectivity index (χ0n) is 22.2. The van der Waals surface area contributed by atoms with Gasteiger partial charge in [-0.1, -0.05) is 61.7 Å². The molecular weight excluding hydrogens is 494 g/mol. The highest BCUT2D eigenvalue weighted by Crippen LogP contribution is 2.60. The van der Waals surface area contributed by atoms with E-state index in [4.69, 9.17) is 4.74 Å². The minimum atomic E-state index is -1.31. The average Bonchev–Trinajstić information content (AvgIpc) is 3.50. The first-order valence-electron chi connectivity index (χ1n) is 13.7. The minimum Gasteiger partial charge on any atom is -0.356 e. The number of nitrogens with one attached hydrogen (secondary N) is 2. The molecule has 4 aliphatic rings. The molecule has 1 aliphatic carbocycles. The van der Waals surface area contributed by atoms with Gasteiger partial charge in [0.2, 0.25) is 17.7 Å². The van der Waals surface area contributed by atoms with Gasteiger partial charge in [-0.05, 0) is 51.0 Å². The van der Waals surface area contributed by atoms with Crippen LogP contribution in [0.1, 0.15) is 56.3 Å². The lowest BCUT2D eigenvalue weighted by molar-refractivity contribution is -0.131. The number of carbonyl (C=O) groups excluding carboxylic acids is 4. The number of fused-ring (bicyclic) bond motifs is 1. The maximum Gasteiger partial charge on any atom is 0.246 e. The molecule has 6 rings (SSSR count). The van der Waals surface area contributed by atoms with Crippen molar-refractivity contribution in [3.05, 3.63) is 72.3 Å². The van der Waals surface area contributed by atoms with Crippen molar-refractivity contribution in [3.8, 4) is 0 Å². The molecule has 2 aromatic carbocycles. The van der Waals surface area contributed by atoms with Crippen LogP contribution in [0.4, 0.5) is 11.4 Å². The van der Waals surface area contributed by atoms with Gasteiger partial charge >= 0.3 is 0 Å². The van der Waals surface area contributed by atoms with Crippen molar-refractivity contribution in [3.63, 3.8) is 0 Å². The lowest BCUT2D eigenvalue weighted by atomic mass is 9.70. The van der Waals surface area contributed by atoms with Crippen LogP contribution in [0.25, 0.3) is 0 Å². The number of carbonyl (C=O) groups is 4. The van der Waals surface area contributed by atoms with Crippen LogP contribution >= 0.6 is 0 Å². The van der Waals surface area contributed by atoms with Crippen molar-refractivity contribution in [2.75, 3.05) is 10.2 Å². The molecule has 3 amide bonds. The van der Waals surface area contributed by atoms with E-state index in [1.807, 2.05) is 30.4 Å². The third-order valence-electron chi connectivity index (χ3n) is 8.75. The molecule has 3 heterocycles. The fraction of sp³-hybridized carbons (Fsp3) is 0.419. The van der Waals surface area contributed by atoms with E-state index in [-0.39, 0.29) is 29.5 Å². The van der Waals surface area contributed by atoms with Crippen LogP contribution in [0.2, 0.25) is 0 Å². The number of ether oxygens (including phenoxy) is 1. The molecule has 2 bridgehead atoms. The number of hydrogen-bond donors (Lipinski definition) is 2. The normalized spacial score (nSPS) is 31.3. The van der Waals surface area contributed by atoms with E-state index in [2.05, 4.69) is 10.6 Å². The van der Waals surface area contributed by atoms with Gasteiger partial charge in [0.25, 0.3) is 0 Å². The summed E-state index contributed by atoms with van der Waals surface area (Å²) < 4.78 is 6.60. The SMILES string of the molecule is CC(=O)c1cccc(N2C(=O)[C@H]3[C@@H](C(=O)Nc4ccccc4)[C@@]4(C)C=C[C@]3(O4)[C@@H]2C(=O)NC2CCCCC2)c1. The van der Waals surface area contributed by atoms with Crippen LogP contribution in [0.5, 0.6) is 0 Å². The lowest BCUT2D eigenvalue weighted by Gasteiger charge is -2.34. The smallest absolute Gasteiger partial charge is 0.246 e. The van der Waals surface area contributed by atoms with Crippen LogP contribution in [-0.2, 0) is 19.1 Å². The summed E-state index contributed by atoms with van der Waals surface area (Å²) in [6.45, 7) is 3.26. The molecule has 3 fully saturated rings. The summed E-state index contributed by atoms with van der Waals surface area (Å²) in [5, 5.41) is 6.13. The molecule has 0 aromatic heterocycles. The molecule has 202 valence electrons. The van der Waals surface area contributed by atoms with Crippen LogP contribution in [0, 0.1) is 11.8 Å². The van der Waals surface area contributed by atoms with Gasteiger partial charge in [0.1, 0.15) is 11.6 Å². The largest absolute Gasteiger partial charge is 0.356 e. The van der Waals surface area contributed by atoms with Crippen LogP contribution in [0.3, 0.4) is 0 Å². The van der Waals surface area contributed by atoms with E-state index in [1.54, 1.807) is 43.3 Å². The zero-order chi connectivity index (χ0) is 27.4. The second kappa shape index (κ2) is 9.45. The third-order valence-corrected chi connectivity index (χ3v) is 8.75. The predicted molar refractivity (Wildman–Crippen MR) is 146 cm³/mol. The fourth-order valence-corrected chi connectivity index (χ4v) is 6.96. The first kappa shape index (κ1) is 25.5. The van der Waals surface area contributed by atoms with Crippen molar-refractivity contribution in [1.29, 1.82) is 0 Å². The van der Waals surface area contributed by atoms with Crippen molar-refractivity contribution in [1.82, 2.24) is 5.32 Å². The van der Waals surface area contributed by atoms with Crippen molar-refractivity contribution in [2.45, 2.75) is 69.2 Å². The van der Waals surface area contributed by atoms with E-state index in [0.29, 0.717) is 16.9 Å². The van der Waals surface area contributed by atoms with E-state index < -0.39 is 29.1 Å². The Labute approximate surface area is 227 Å². The molecule has 8 heteroatoms. The summed E-state index contributed by atoms with van der Waals surface area (Å²) >= 11 is 0. The maximum absolute atomic E-state index is 14.3. The first-order valence-corrected chi connectivity index (χ1v) is 13.7. The molecule has 2 saturated heterocycles. The molecule has 1 spiro atoms. The molecule has 0 radical (unpaired) electrons. The highest BCUT2D eigenvalue weighted by atomic mass is 16.5. The first-order chi connectivity index (χ1) is 18.7. The van der Waals surface area contributed by atoms with Gasteiger partial charge in [-0.15, -0.1) is 0 Å². The van der Waals surface area contributed by atoms with Gasteiger partial charge in [0.15, 0.2) is 5.78 Å². The second-order valence-corrected chi connectivity index (χ2v) is 11.3. The van der Waals surface area contributed by atoms with Gasteiger partial charge in [0.05, 0.1) is 17.4 Å². The Morgan fingerprint density at radius 3 is 2.41 bits per heavy atom. The summed E-state index contributed by atoms with van der Waals surface area (Å²) in [5.74, 6) is -2.89. The Bertz CT molecular complexity index is 1370. The van der Waals surface area contributed by atoms with E-state index >= 15 is 0 Å². The standard InChI is InChI=1S/C31H33N3O5/c1-19(35)20-10-9-15-23(18-20)34-26(28(37)33-22-13-7-4-8-14-22)31-17-16-30(2,39-31)24(25(31)29(34)38)27(36)32-21-11-5-3-6-12-21/h3,5-6,9-12,15-18,22,24-26H,4,7-8,13-14H2,1-2H3,(H,32,36)(H,33,37)/t24-,25+,26-,30+,31+/m0/s1. The van der Waals surface area contributed by atoms with E-state index in [1.165, 1.54) is 11.8 Å². The van der Waals surface area contributed by atoms with E-state index in [9.17, 15) is 19.2 Å². The number of hydrogen-bond acceptors (Lipinski definition) is 5. The molecule has 0 unspecified atom stereocenters. The van der Waals surface area contributed by atoms with Crippen molar-refractivity contribution in [2.24, 2.45) is 11.8 Å². The molecule has 2 N–H and O–H groups in total. The lowest BCUT2D eigenvalue weighted by Crippen LogP contribution is -2.56. The van der Waals surface area contributed by atoms with Gasteiger partial charge in [-0.3, -0.25) is 24.1 Å². The molecular formula is C31H33N3O5. The number of rotatable bonds is 6. The average molecular weight is 528 g/mol. The van der Waals surface area contributed by atoms with Gasteiger partial charge in [0, 0.05) is 23.0 Å². The number of benzene rings is 2. The minimum absolute atomic E-state index is 0.0255. The Kier molecular flexibility index (Phi) is 6.18. The fourth-order valence-electron chi connectivity index (χ4n) is 6.96. The van der Waals surface area contributed by atoms with Gasteiger partial charge in [-0.25, -0.2) is 0 Å². The quantitative estimate of drug-likeness (QED) is 0.436. The van der Waals surface area contributed by atoms with E-state index in [0.717, 1.165) is 32.1 Å². The monoisotopic (exact) mass is 527 g/mol. The number of anilines is 2. The van der Waals surface area contributed by atoms with Crippen LogP contribution in [-0.4, -0.2) is 46.8 Å². The summed E-state index contributed by atoms with van der Waals surface area (Å²) in [5.41, 5.74) is -0.860. The highest BCUT2D eigenvalue weighted by Gasteiger charge is 2.76. The number of amides is 3. The van der Waals surface area contributed by atoms with Crippen molar-refractivity contribution < 1.29 is 23.9 Å². The third kappa shape index (κ3) is 4.09. The summed E-state index contributed by atoms with van der Waals surface area (Å²) in [4.78, 5) is 55.8. The Morgan fingerprint density at radius 1 is 0.949 bits per heavy atom. The molecule has 39 heavy (non-hydrogen) atoms.